The number of rotatable bonds is 6. The van der Waals surface area contributed by atoms with Gasteiger partial charge in [-0.25, -0.2) is 15.0 Å². The third-order valence-corrected chi connectivity index (χ3v) is 8.85. The van der Waals surface area contributed by atoms with E-state index in [2.05, 4.69) is 15.2 Å². The third-order valence-electron chi connectivity index (χ3n) is 6.65. The molecule has 1 fully saturated rings. The van der Waals surface area contributed by atoms with Crippen LogP contribution in [0.1, 0.15) is 29.5 Å². The number of amides is 1. The van der Waals surface area contributed by atoms with Crippen LogP contribution in [0.25, 0.3) is 20.4 Å². The molecule has 1 aliphatic carbocycles. The highest BCUT2D eigenvalue weighted by atomic mass is 32.2. The maximum Gasteiger partial charge on any atom is 0.230 e. The lowest BCUT2D eigenvalue weighted by Crippen LogP contribution is -2.37. The number of fused-ring (bicyclic) bond motifs is 5. The third kappa shape index (κ3) is 4.60. The van der Waals surface area contributed by atoms with E-state index in [1.165, 1.54) is 41.1 Å². The van der Waals surface area contributed by atoms with Crippen molar-refractivity contribution >= 4 is 55.3 Å². The molecule has 35 heavy (non-hydrogen) atoms. The molecule has 1 aliphatic heterocycles. The van der Waals surface area contributed by atoms with Crippen LogP contribution in [0, 0.1) is 0 Å². The number of ether oxygens (including phenoxy) is 1. The molecule has 0 radical (unpaired) electrons. The Labute approximate surface area is 212 Å². The van der Waals surface area contributed by atoms with Crippen molar-refractivity contribution in [2.24, 2.45) is 0 Å². The van der Waals surface area contributed by atoms with E-state index >= 15 is 0 Å². The standard InChI is InChI=1S/C26H27N5O2S2/c32-20(27-14-17-6-2-1-3-7-17)15-34-26-23-22(28-16-29-26)21-18-8-4-5-9-19(18)24(30-25(21)35-23)31-10-12-33-13-11-31/h1-3,6-7,16H,4-5,8-15H2,(H,27,32). The van der Waals surface area contributed by atoms with E-state index in [0.717, 1.165) is 70.6 Å². The molecule has 1 aromatic carbocycles. The van der Waals surface area contributed by atoms with Crippen LogP contribution in [-0.4, -0.2) is 52.9 Å². The molecule has 0 bridgehead atoms. The van der Waals surface area contributed by atoms with E-state index < -0.39 is 0 Å². The van der Waals surface area contributed by atoms with E-state index in [-0.39, 0.29) is 5.91 Å². The minimum Gasteiger partial charge on any atom is -0.378 e. The van der Waals surface area contributed by atoms with E-state index in [9.17, 15) is 4.79 Å². The van der Waals surface area contributed by atoms with Crippen molar-refractivity contribution in [3.05, 3.63) is 53.3 Å². The zero-order valence-electron chi connectivity index (χ0n) is 19.5. The first kappa shape index (κ1) is 22.7. The van der Waals surface area contributed by atoms with Gasteiger partial charge in [-0.3, -0.25) is 4.79 Å². The van der Waals surface area contributed by atoms with Gasteiger partial charge in [0.25, 0.3) is 0 Å². The maximum absolute atomic E-state index is 12.5. The van der Waals surface area contributed by atoms with Gasteiger partial charge in [-0.05, 0) is 42.4 Å². The van der Waals surface area contributed by atoms with Crippen LogP contribution in [-0.2, 0) is 28.9 Å². The molecule has 0 saturated carbocycles. The number of thiophene rings is 1. The number of nitrogens with zero attached hydrogens (tertiary/aromatic N) is 4. The van der Waals surface area contributed by atoms with Gasteiger partial charge in [0.2, 0.25) is 5.91 Å². The summed E-state index contributed by atoms with van der Waals surface area (Å²) < 4.78 is 6.61. The first-order chi connectivity index (χ1) is 17.3. The summed E-state index contributed by atoms with van der Waals surface area (Å²) in [5, 5.41) is 5.04. The first-order valence-corrected chi connectivity index (χ1v) is 13.9. The van der Waals surface area contributed by atoms with Crippen molar-refractivity contribution in [3.8, 4) is 0 Å². The summed E-state index contributed by atoms with van der Waals surface area (Å²) >= 11 is 3.13. The molecule has 6 rings (SSSR count). The van der Waals surface area contributed by atoms with Gasteiger partial charge in [0, 0.05) is 25.0 Å². The lowest BCUT2D eigenvalue weighted by Gasteiger charge is -2.31. The summed E-state index contributed by atoms with van der Waals surface area (Å²) in [6.45, 7) is 3.80. The second-order valence-corrected chi connectivity index (χ2v) is 10.9. The highest BCUT2D eigenvalue weighted by molar-refractivity contribution is 8.00. The number of hydrogen-bond donors (Lipinski definition) is 1. The number of benzene rings is 1. The predicted octanol–water partition coefficient (Wildman–Crippen LogP) is 4.36. The summed E-state index contributed by atoms with van der Waals surface area (Å²) in [6.07, 6.45) is 6.15. The Kier molecular flexibility index (Phi) is 6.54. The molecule has 3 aromatic heterocycles. The van der Waals surface area contributed by atoms with Crippen LogP contribution in [0.15, 0.2) is 41.7 Å². The second-order valence-electron chi connectivity index (χ2n) is 8.89. The number of aryl methyl sites for hydroxylation is 1. The van der Waals surface area contributed by atoms with Crippen LogP contribution in [0.3, 0.4) is 0 Å². The fourth-order valence-electron chi connectivity index (χ4n) is 4.94. The molecular weight excluding hydrogens is 478 g/mol. The van der Waals surface area contributed by atoms with Crippen molar-refractivity contribution in [2.75, 3.05) is 37.0 Å². The summed E-state index contributed by atoms with van der Waals surface area (Å²) in [4.78, 5) is 30.3. The van der Waals surface area contributed by atoms with Crippen LogP contribution < -0.4 is 10.2 Å². The van der Waals surface area contributed by atoms with Gasteiger partial charge in [0.1, 0.15) is 22.0 Å². The second kappa shape index (κ2) is 10.1. The summed E-state index contributed by atoms with van der Waals surface area (Å²) in [5.74, 6) is 1.44. The molecule has 1 amide bonds. The molecule has 4 heterocycles. The Balaban J connectivity index is 1.30. The molecule has 4 aromatic rings. The highest BCUT2D eigenvalue weighted by Gasteiger charge is 2.26. The Morgan fingerprint density at radius 3 is 2.71 bits per heavy atom. The van der Waals surface area contributed by atoms with E-state index in [4.69, 9.17) is 14.7 Å². The molecule has 1 N–H and O–H groups in total. The summed E-state index contributed by atoms with van der Waals surface area (Å²) in [5.41, 5.74) is 4.86. The minimum absolute atomic E-state index is 0.00293. The number of anilines is 1. The molecule has 0 unspecified atom stereocenters. The van der Waals surface area contributed by atoms with E-state index in [1.807, 2.05) is 30.3 Å². The SMILES string of the molecule is O=C(CSc1ncnc2c1sc1nc(N3CCOCC3)c3c(c12)CCCC3)NCc1ccccc1. The Morgan fingerprint density at radius 2 is 1.89 bits per heavy atom. The zero-order chi connectivity index (χ0) is 23.6. The minimum atomic E-state index is -0.00293. The van der Waals surface area contributed by atoms with Gasteiger partial charge in [-0.1, -0.05) is 42.1 Å². The number of aromatic nitrogens is 3. The molecule has 1 saturated heterocycles. The highest BCUT2D eigenvalue weighted by Crippen LogP contribution is 2.43. The fraction of sp³-hybridized carbons (Fsp3) is 0.385. The number of nitrogens with one attached hydrogen (secondary N) is 1. The van der Waals surface area contributed by atoms with Gasteiger partial charge < -0.3 is 15.0 Å². The van der Waals surface area contributed by atoms with E-state index in [1.54, 1.807) is 17.7 Å². The Hall–Kier alpha value is -2.75. The molecular formula is C26H27N5O2S2. The molecule has 7 nitrogen and oxygen atoms in total. The smallest absolute Gasteiger partial charge is 0.230 e. The number of hydrogen-bond acceptors (Lipinski definition) is 8. The Morgan fingerprint density at radius 1 is 1.09 bits per heavy atom. The number of carbonyl (C=O) groups is 1. The average Bonchev–Trinajstić information content (AvgIpc) is 3.31. The zero-order valence-corrected chi connectivity index (χ0v) is 21.1. The predicted molar refractivity (Wildman–Crippen MR) is 141 cm³/mol. The largest absolute Gasteiger partial charge is 0.378 e. The van der Waals surface area contributed by atoms with Crippen LogP contribution in [0.4, 0.5) is 5.82 Å². The molecule has 0 spiro atoms. The normalized spacial score (nSPS) is 15.9. The quantitative estimate of drug-likeness (QED) is 0.308. The number of thioether (sulfide) groups is 1. The van der Waals surface area contributed by atoms with Crippen LogP contribution in [0.2, 0.25) is 0 Å². The fourth-order valence-corrected chi connectivity index (χ4v) is 7.00. The maximum atomic E-state index is 12.5. The van der Waals surface area contributed by atoms with Crippen molar-refractivity contribution < 1.29 is 9.53 Å². The monoisotopic (exact) mass is 505 g/mol. The summed E-state index contributed by atoms with van der Waals surface area (Å²) in [7, 11) is 0. The number of carbonyl (C=O) groups excluding carboxylic acids is 1. The first-order valence-electron chi connectivity index (χ1n) is 12.1. The van der Waals surface area contributed by atoms with Crippen molar-refractivity contribution in [1.29, 1.82) is 0 Å². The van der Waals surface area contributed by atoms with Crippen LogP contribution in [0.5, 0.6) is 0 Å². The van der Waals surface area contributed by atoms with Crippen LogP contribution >= 0.6 is 23.1 Å². The van der Waals surface area contributed by atoms with Crippen molar-refractivity contribution in [1.82, 2.24) is 20.3 Å². The number of morpholine rings is 1. The van der Waals surface area contributed by atoms with Crippen molar-refractivity contribution in [3.63, 3.8) is 0 Å². The molecule has 0 atom stereocenters. The van der Waals surface area contributed by atoms with E-state index in [0.29, 0.717) is 12.3 Å². The topological polar surface area (TPSA) is 80.2 Å². The summed E-state index contributed by atoms with van der Waals surface area (Å²) in [6, 6.07) is 9.95. The molecule has 180 valence electrons. The van der Waals surface area contributed by atoms with Gasteiger partial charge in [-0.2, -0.15) is 0 Å². The lowest BCUT2D eigenvalue weighted by molar-refractivity contribution is -0.118. The average molecular weight is 506 g/mol. The lowest BCUT2D eigenvalue weighted by atomic mass is 9.90. The molecule has 9 heteroatoms. The Bertz CT molecular complexity index is 1370. The van der Waals surface area contributed by atoms with Gasteiger partial charge >= 0.3 is 0 Å². The number of pyridine rings is 1. The molecule has 2 aliphatic rings. The van der Waals surface area contributed by atoms with Crippen molar-refractivity contribution in [2.45, 2.75) is 37.3 Å². The van der Waals surface area contributed by atoms with Gasteiger partial charge in [-0.15, -0.1) is 11.3 Å². The van der Waals surface area contributed by atoms with Gasteiger partial charge in [0.05, 0.1) is 29.2 Å². The van der Waals surface area contributed by atoms with Gasteiger partial charge in [0.15, 0.2) is 0 Å².